The summed E-state index contributed by atoms with van der Waals surface area (Å²) in [6.45, 7) is 1.32. The van der Waals surface area contributed by atoms with Gasteiger partial charge in [-0.15, -0.1) is 0 Å². The number of nitrogens with zero attached hydrogens (tertiary/aromatic N) is 1. The summed E-state index contributed by atoms with van der Waals surface area (Å²) in [5.41, 5.74) is -0.676. The molecular formula is C19H19F3N2O4S. The lowest BCUT2D eigenvalue weighted by Crippen LogP contribution is -2.39. The SMILES string of the molecule is CCCN(CC(=O)Nc1ccc(F)c(F)c1F)C(=O)c1ccccc1S(C)(=O)=O. The number of hydrogen-bond acceptors (Lipinski definition) is 4. The molecule has 0 atom stereocenters. The van der Waals surface area contributed by atoms with Gasteiger partial charge in [0.05, 0.1) is 16.1 Å². The summed E-state index contributed by atoms with van der Waals surface area (Å²) in [4.78, 5) is 26.0. The standard InChI is InChI=1S/C19H19F3N2O4S/c1-3-10-24(19(26)12-6-4-5-7-15(12)29(2,27)28)11-16(25)23-14-9-8-13(20)17(21)18(14)22/h4-9H,3,10-11H2,1-2H3,(H,23,25). The minimum Gasteiger partial charge on any atom is -0.329 e. The molecule has 0 saturated carbocycles. The van der Waals surface area contributed by atoms with E-state index in [9.17, 15) is 31.2 Å². The van der Waals surface area contributed by atoms with Gasteiger partial charge in [-0.25, -0.2) is 21.6 Å². The maximum absolute atomic E-state index is 13.7. The Morgan fingerprint density at radius 1 is 1.03 bits per heavy atom. The Balaban J connectivity index is 2.26. The van der Waals surface area contributed by atoms with Crippen molar-refractivity contribution >= 4 is 27.3 Å². The molecule has 0 fully saturated rings. The van der Waals surface area contributed by atoms with Crippen LogP contribution in [0.2, 0.25) is 0 Å². The molecule has 0 aliphatic carbocycles. The molecule has 1 N–H and O–H groups in total. The zero-order valence-electron chi connectivity index (χ0n) is 15.7. The van der Waals surface area contributed by atoms with Gasteiger partial charge in [-0.2, -0.15) is 0 Å². The fraction of sp³-hybridized carbons (Fsp3) is 0.263. The second kappa shape index (κ2) is 9.08. The number of halogens is 3. The van der Waals surface area contributed by atoms with Gasteiger partial charge in [0.1, 0.15) is 6.54 Å². The van der Waals surface area contributed by atoms with Crippen molar-refractivity contribution < 1.29 is 31.2 Å². The van der Waals surface area contributed by atoms with Crippen LogP contribution in [-0.2, 0) is 14.6 Å². The highest BCUT2D eigenvalue weighted by atomic mass is 32.2. The first kappa shape index (κ1) is 22.4. The third-order valence-corrected chi connectivity index (χ3v) is 5.10. The lowest BCUT2D eigenvalue weighted by molar-refractivity contribution is -0.116. The number of sulfone groups is 1. The van der Waals surface area contributed by atoms with Crippen molar-refractivity contribution in [2.45, 2.75) is 18.2 Å². The molecule has 0 spiro atoms. The minimum absolute atomic E-state index is 0.102. The number of anilines is 1. The molecular weight excluding hydrogens is 409 g/mol. The van der Waals surface area contributed by atoms with Gasteiger partial charge >= 0.3 is 0 Å². The number of nitrogens with one attached hydrogen (secondary N) is 1. The molecule has 0 bridgehead atoms. The summed E-state index contributed by atoms with van der Waals surface area (Å²) in [5, 5.41) is 2.09. The average molecular weight is 428 g/mol. The first-order chi connectivity index (χ1) is 13.6. The van der Waals surface area contributed by atoms with Crippen LogP contribution in [0.15, 0.2) is 41.3 Å². The van der Waals surface area contributed by atoms with E-state index in [1.807, 2.05) is 0 Å². The number of hydrogen-bond donors (Lipinski definition) is 1. The Kier molecular flexibility index (Phi) is 7.02. The minimum atomic E-state index is -3.69. The Morgan fingerprint density at radius 3 is 2.31 bits per heavy atom. The van der Waals surface area contributed by atoms with Gasteiger partial charge in [-0.05, 0) is 30.7 Å². The summed E-state index contributed by atoms with van der Waals surface area (Å²) in [6, 6.07) is 7.08. The summed E-state index contributed by atoms with van der Waals surface area (Å²) >= 11 is 0. The summed E-state index contributed by atoms with van der Waals surface area (Å²) < 4.78 is 63.9. The van der Waals surface area contributed by atoms with E-state index in [2.05, 4.69) is 5.32 Å². The van der Waals surface area contributed by atoms with Crippen molar-refractivity contribution in [2.75, 3.05) is 24.7 Å². The molecule has 0 radical (unpaired) electrons. The van der Waals surface area contributed by atoms with E-state index in [1.165, 1.54) is 24.3 Å². The molecule has 0 unspecified atom stereocenters. The second-order valence-electron chi connectivity index (χ2n) is 6.27. The largest absolute Gasteiger partial charge is 0.329 e. The monoisotopic (exact) mass is 428 g/mol. The fourth-order valence-electron chi connectivity index (χ4n) is 2.64. The zero-order chi connectivity index (χ0) is 21.8. The van der Waals surface area contributed by atoms with Crippen LogP contribution in [0.3, 0.4) is 0 Å². The van der Waals surface area contributed by atoms with Gasteiger partial charge in [0, 0.05) is 12.8 Å². The predicted octanol–water partition coefficient (Wildman–Crippen LogP) is 3.00. The van der Waals surface area contributed by atoms with Gasteiger partial charge in [-0.3, -0.25) is 9.59 Å². The van der Waals surface area contributed by atoms with Crippen molar-refractivity contribution in [1.82, 2.24) is 4.90 Å². The third-order valence-electron chi connectivity index (χ3n) is 3.94. The molecule has 0 saturated heterocycles. The molecule has 2 rings (SSSR count). The lowest BCUT2D eigenvalue weighted by atomic mass is 10.2. The summed E-state index contributed by atoms with van der Waals surface area (Å²) in [6.07, 6.45) is 1.42. The van der Waals surface area contributed by atoms with Crippen LogP contribution < -0.4 is 5.32 Å². The maximum atomic E-state index is 13.7. The van der Waals surface area contributed by atoms with Crippen LogP contribution in [0.1, 0.15) is 23.7 Å². The molecule has 29 heavy (non-hydrogen) atoms. The molecule has 156 valence electrons. The van der Waals surface area contributed by atoms with Crippen LogP contribution in [0.25, 0.3) is 0 Å². The molecule has 0 heterocycles. The molecule has 10 heteroatoms. The predicted molar refractivity (Wildman–Crippen MR) is 101 cm³/mol. The van der Waals surface area contributed by atoms with Gasteiger partial charge in [0.15, 0.2) is 27.3 Å². The van der Waals surface area contributed by atoms with E-state index < -0.39 is 51.3 Å². The highest BCUT2D eigenvalue weighted by molar-refractivity contribution is 7.90. The third kappa shape index (κ3) is 5.35. The van der Waals surface area contributed by atoms with E-state index >= 15 is 0 Å². The molecule has 0 aromatic heterocycles. The summed E-state index contributed by atoms with van der Waals surface area (Å²) in [7, 11) is -3.69. The van der Waals surface area contributed by atoms with E-state index in [0.29, 0.717) is 12.5 Å². The van der Waals surface area contributed by atoms with Crippen LogP contribution in [0, 0.1) is 17.5 Å². The van der Waals surface area contributed by atoms with Gasteiger partial charge in [0.2, 0.25) is 5.91 Å². The molecule has 2 aromatic carbocycles. The van der Waals surface area contributed by atoms with Crippen molar-refractivity contribution in [3.8, 4) is 0 Å². The lowest BCUT2D eigenvalue weighted by Gasteiger charge is -2.22. The Bertz CT molecular complexity index is 1040. The molecule has 0 aliphatic heterocycles. The van der Waals surface area contributed by atoms with Gasteiger partial charge < -0.3 is 10.2 Å². The van der Waals surface area contributed by atoms with Crippen LogP contribution >= 0.6 is 0 Å². The smallest absolute Gasteiger partial charge is 0.255 e. The zero-order valence-corrected chi connectivity index (χ0v) is 16.5. The Morgan fingerprint density at radius 2 is 1.69 bits per heavy atom. The molecule has 2 aromatic rings. The molecule has 0 aliphatic rings. The van der Waals surface area contributed by atoms with Crippen LogP contribution in [0.5, 0.6) is 0 Å². The normalized spacial score (nSPS) is 11.2. The average Bonchev–Trinajstić information content (AvgIpc) is 2.67. The Hall–Kier alpha value is -2.88. The van der Waals surface area contributed by atoms with E-state index in [4.69, 9.17) is 0 Å². The highest BCUT2D eigenvalue weighted by Crippen LogP contribution is 2.20. The van der Waals surface area contributed by atoms with E-state index in [-0.39, 0.29) is 17.0 Å². The van der Waals surface area contributed by atoms with Crippen LogP contribution in [-0.4, -0.2) is 44.5 Å². The van der Waals surface area contributed by atoms with E-state index in [0.717, 1.165) is 17.2 Å². The van der Waals surface area contributed by atoms with E-state index in [1.54, 1.807) is 6.92 Å². The van der Waals surface area contributed by atoms with Gasteiger partial charge in [0.25, 0.3) is 5.91 Å². The quantitative estimate of drug-likeness (QED) is 0.688. The maximum Gasteiger partial charge on any atom is 0.255 e. The Labute approximate surface area is 166 Å². The number of amides is 2. The van der Waals surface area contributed by atoms with Crippen LogP contribution in [0.4, 0.5) is 18.9 Å². The molecule has 2 amide bonds. The molecule has 6 nitrogen and oxygen atoms in total. The number of benzene rings is 2. The van der Waals surface area contributed by atoms with Gasteiger partial charge in [-0.1, -0.05) is 19.1 Å². The number of carbonyl (C=O) groups excluding carboxylic acids is 2. The van der Waals surface area contributed by atoms with Crippen molar-refractivity contribution in [2.24, 2.45) is 0 Å². The number of rotatable bonds is 7. The first-order valence-corrected chi connectivity index (χ1v) is 10.5. The number of carbonyl (C=O) groups is 2. The summed E-state index contributed by atoms with van der Waals surface area (Å²) in [5.74, 6) is -6.25. The fourth-order valence-corrected chi connectivity index (χ4v) is 3.53. The van der Waals surface area contributed by atoms with Crippen molar-refractivity contribution in [1.29, 1.82) is 0 Å². The second-order valence-corrected chi connectivity index (χ2v) is 8.25. The highest BCUT2D eigenvalue weighted by Gasteiger charge is 2.24. The topological polar surface area (TPSA) is 83.6 Å². The first-order valence-electron chi connectivity index (χ1n) is 8.58. The van der Waals surface area contributed by atoms with Crippen molar-refractivity contribution in [3.05, 3.63) is 59.4 Å². The van der Waals surface area contributed by atoms with Crippen molar-refractivity contribution in [3.63, 3.8) is 0 Å².